The van der Waals surface area contributed by atoms with Crippen molar-refractivity contribution in [2.75, 3.05) is 0 Å². The summed E-state index contributed by atoms with van der Waals surface area (Å²) >= 11 is 6.06. The van der Waals surface area contributed by atoms with Crippen LogP contribution in [0.4, 0.5) is 4.39 Å². The minimum absolute atomic E-state index is 0.0660. The highest BCUT2D eigenvalue weighted by molar-refractivity contribution is 6.35. The zero-order chi connectivity index (χ0) is 24.0. The van der Waals surface area contributed by atoms with Gasteiger partial charge in [-0.05, 0) is 56.2 Å². The lowest BCUT2D eigenvalue weighted by atomic mass is 9.95. The van der Waals surface area contributed by atoms with E-state index < -0.39 is 29.7 Å². The molecule has 5 rings (SSSR count). The van der Waals surface area contributed by atoms with E-state index in [1.807, 2.05) is 0 Å². The molecule has 34 heavy (non-hydrogen) atoms. The van der Waals surface area contributed by atoms with Crippen molar-refractivity contribution in [2.24, 2.45) is 11.8 Å². The van der Waals surface area contributed by atoms with Crippen molar-refractivity contribution in [1.82, 2.24) is 20.9 Å². The lowest BCUT2D eigenvalue weighted by molar-refractivity contribution is -0.125. The molecule has 4 N–H and O–H groups in total. The molecule has 2 saturated carbocycles. The molecule has 8 nitrogen and oxygen atoms in total. The van der Waals surface area contributed by atoms with E-state index in [0.29, 0.717) is 29.7 Å². The van der Waals surface area contributed by atoms with Gasteiger partial charge in [0, 0.05) is 16.8 Å². The second-order valence-electron chi connectivity index (χ2n) is 9.84. The topological polar surface area (TPSA) is 127 Å². The Hall–Kier alpha value is -3.12. The molecule has 1 aromatic heterocycles. The average Bonchev–Trinajstić information content (AvgIpc) is 3.68. The summed E-state index contributed by atoms with van der Waals surface area (Å²) in [5, 5.41) is 18.7. The first kappa shape index (κ1) is 22.7. The lowest BCUT2D eigenvalue weighted by Gasteiger charge is -2.21. The highest BCUT2D eigenvalue weighted by atomic mass is 35.5. The van der Waals surface area contributed by atoms with Gasteiger partial charge in [-0.3, -0.25) is 14.4 Å². The van der Waals surface area contributed by atoms with E-state index in [4.69, 9.17) is 11.6 Å². The molecule has 3 amide bonds. The standard InChI is InChI=1S/C24H25ClFN5O3/c25-17-9-15(26)6-13-8-19(29-20(13)17)23(34)30-18(5-12-1-2-12)22(33)28-16(11-27)7-14-10-24(3-4-24)31-21(14)32/h6,8-9,12,14,16,18,29H,1-5,7,10H2,(H,28,33)(H,30,34)(H,31,32)/t14-,16+,18+/m1/s1. The molecule has 1 aliphatic heterocycles. The zero-order valence-corrected chi connectivity index (χ0v) is 19.2. The fourth-order valence-corrected chi connectivity index (χ4v) is 5.05. The van der Waals surface area contributed by atoms with Crippen molar-refractivity contribution >= 4 is 40.2 Å². The van der Waals surface area contributed by atoms with Gasteiger partial charge in [0.15, 0.2) is 0 Å². The summed E-state index contributed by atoms with van der Waals surface area (Å²) in [4.78, 5) is 41.1. The number of nitriles is 1. The second kappa shape index (κ2) is 8.58. The van der Waals surface area contributed by atoms with Crippen LogP contribution in [0.25, 0.3) is 10.9 Å². The van der Waals surface area contributed by atoms with Crippen LogP contribution in [0.5, 0.6) is 0 Å². The molecule has 3 fully saturated rings. The Morgan fingerprint density at radius 2 is 2.00 bits per heavy atom. The Kier molecular flexibility index (Phi) is 5.72. The Bertz CT molecular complexity index is 1210. The van der Waals surface area contributed by atoms with Crippen LogP contribution in [-0.4, -0.2) is 40.3 Å². The quantitative estimate of drug-likeness (QED) is 0.458. The molecule has 1 saturated heterocycles. The number of hydrogen-bond acceptors (Lipinski definition) is 4. The van der Waals surface area contributed by atoms with Crippen molar-refractivity contribution in [3.05, 3.63) is 34.7 Å². The van der Waals surface area contributed by atoms with Gasteiger partial charge in [-0.15, -0.1) is 0 Å². The monoisotopic (exact) mass is 485 g/mol. The predicted molar refractivity (Wildman–Crippen MR) is 122 cm³/mol. The van der Waals surface area contributed by atoms with Gasteiger partial charge in [0.05, 0.1) is 16.6 Å². The van der Waals surface area contributed by atoms with E-state index in [1.165, 1.54) is 12.1 Å². The van der Waals surface area contributed by atoms with Gasteiger partial charge in [-0.1, -0.05) is 24.4 Å². The number of carbonyl (C=O) groups is 3. The van der Waals surface area contributed by atoms with Crippen LogP contribution < -0.4 is 16.0 Å². The largest absolute Gasteiger partial charge is 0.350 e. The second-order valence-corrected chi connectivity index (χ2v) is 10.2. The number of halogens is 2. The number of rotatable bonds is 8. The molecule has 3 atom stereocenters. The van der Waals surface area contributed by atoms with E-state index in [1.54, 1.807) is 0 Å². The fraction of sp³-hybridized carbons (Fsp3) is 0.500. The fourth-order valence-electron chi connectivity index (χ4n) is 4.79. The lowest BCUT2D eigenvalue weighted by Crippen LogP contribution is -2.50. The number of nitrogens with one attached hydrogen (secondary N) is 4. The summed E-state index contributed by atoms with van der Waals surface area (Å²) in [7, 11) is 0. The number of hydrogen-bond donors (Lipinski definition) is 4. The van der Waals surface area contributed by atoms with Crippen molar-refractivity contribution in [3.63, 3.8) is 0 Å². The third-order valence-electron chi connectivity index (χ3n) is 7.02. The first-order chi connectivity index (χ1) is 16.2. The maximum Gasteiger partial charge on any atom is 0.268 e. The van der Waals surface area contributed by atoms with Crippen molar-refractivity contribution in [1.29, 1.82) is 5.26 Å². The van der Waals surface area contributed by atoms with Gasteiger partial charge in [-0.2, -0.15) is 5.26 Å². The molecule has 0 radical (unpaired) electrons. The SMILES string of the molecule is N#C[C@H](C[C@@H]1CC2(CC2)NC1=O)NC(=O)[C@H](CC1CC1)NC(=O)c1cc2cc(F)cc(Cl)c2[nH]1. The van der Waals surface area contributed by atoms with E-state index in [9.17, 15) is 24.0 Å². The highest BCUT2D eigenvalue weighted by Crippen LogP contribution is 2.46. The number of H-pyrrole nitrogens is 1. The predicted octanol–water partition coefficient (Wildman–Crippen LogP) is 2.93. The van der Waals surface area contributed by atoms with Crippen LogP contribution in [0, 0.1) is 29.0 Å². The van der Waals surface area contributed by atoms with Crippen LogP contribution in [0.15, 0.2) is 18.2 Å². The minimum Gasteiger partial charge on any atom is -0.350 e. The van der Waals surface area contributed by atoms with E-state index in [0.717, 1.165) is 31.7 Å². The van der Waals surface area contributed by atoms with Gasteiger partial charge in [0.1, 0.15) is 23.6 Å². The smallest absolute Gasteiger partial charge is 0.268 e. The molecule has 2 aromatic rings. The Morgan fingerprint density at radius 3 is 2.65 bits per heavy atom. The molecule has 1 aromatic carbocycles. The molecule has 178 valence electrons. The summed E-state index contributed by atoms with van der Waals surface area (Å²) in [5.74, 6) is -1.53. The first-order valence-electron chi connectivity index (χ1n) is 11.6. The summed E-state index contributed by atoms with van der Waals surface area (Å²) in [6.45, 7) is 0. The van der Waals surface area contributed by atoms with Gasteiger partial charge >= 0.3 is 0 Å². The normalized spacial score (nSPS) is 22.1. The van der Waals surface area contributed by atoms with E-state index in [2.05, 4.69) is 27.0 Å². The summed E-state index contributed by atoms with van der Waals surface area (Å²) in [6, 6.07) is 4.33. The summed E-state index contributed by atoms with van der Waals surface area (Å²) in [5.41, 5.74) is 0.495. The Balaban J connectivity index is 1.26. The molecule has 10 heteroatoms. The molecule has 0 bridgehead atoms. The third kappa shape index (κ3) is 4.73. The minimum atomic E-state index is -0.832. The molecule has 0 unspecified atom stereocenters. The van der Waals surface area contributed by atoms with Gasteiger partial charge in [-0.25, -0.2) is 4.39 Å². The van der Waals surface area contributed by atoms with Crippen LogP contribution in [0.1, 0.15) is 55.4 Å². The van der Waals surface area contributed by atoms with Gasteiger partial charge in [0.25, 0.3) is 5.91 Å². The Labute approximate surface area is 200 Å². The molecular weight excluding hydrogens is 461 g/mol. The molecule has 2 heterocycles. The van der Waals surface area contributed by atoms with Crippen LogP contribution in [-0.2, 0) is 9.59 Å². The highest BCUT2D eigenvalue weighted by Gasteiger charge is 2.52. The maximum absolute atomic E-state index is 13.6. The van der Waals surface area contributed by atoms with Gasteiger partial charge < -0.3 is 20.9 Å². The average molecular weight is 486 g/mol. The van der Waals surface area contributed by atoms with Gasteiger partial charge in [0.2, 0.25) is 11.8 Å². The molecule has 2 aliphatic carbocycles. The van der Waals surface area contributed by atoms with Crippen LogP contribution in [0.2, 0.25) is 5.02 Å². The number of benzene rings is 1. The van der Waals surface area contributed by atoms with Crippen molar-refractivity contribution < 1.29 is 18.8 Å². The van der Waals surface area contributed by atoms with Crippen LogP contribution in [0.3, 0.4) is 0 Å². The summed E-state index contributed by atoms with van der Waals surface area (Å²) < 4.78 is 13.6. The number of fused-ring (bicyclic) bond motifs is 1. The zero-order valence-electron chi connectivity index (χ0n) is 18.4. The number of carbonyl (C=O) groups excluding carboxylic acids is 3. The molecule has 1 spiro atoms. The van der Waals surface area contributed by atoms with E-state index >= 15 is 0 Å². The Morgan fingerprint density at radius 1 is 1.24 bits per heavy atom. The van der Waals surface area contributed by atoms with Crippen LogP contribution >= 0.6 is 11.6 Å². The molecule has 3 aliphatic rings. The maximum atomic E-state index is 13.6. The number of nitrogens with zero attached hydrogens (tertiary/aromatic N) is 1. The number of aromatic amines is 1. The van der Waals surface area contributed by atoms with Crippen molar-refractivity contribution in [3.8, 4) is 6.07 Å². The third-order valence-corrected chi connectivity index (χ3v) is 7.32. The first-order valence-corrected chi connectivity index (χ1v) is 11.9. The van der Waals surface area contributed by atoms with Crippen molar-refractivity contribution in [2.45, 2.75) is 62.6 Å². The number of aromatic nitrogens is 1. The molecular formula is C24H25ClFN5O3. The number of amides is 3. The van der Waals surface area contributed by atoms with E-state index in [-0.39, 0.29) is 34.5 Å². The summed E-state index contributed by atoms with van der Waals surface area (Å²) in [6.07, 6.45) is 5.26.